The van der Waals surface area contributed by atoms with Gasteiger partial charge >= 0.3 is 12.1 Å². The van der Waals surface area contributed by atoms with Crippen molar-refractivity contribution < 1.29 is 28.9 Å². The second-order valence-corrected chi connectivity index (χ2v) is 4.96. The third kappa shape index (κ3) is 5.82. The third-order valence-electron chi connectivity index (χ3n) is 3.18. The van der Waals surface area contributed by atoms with E-state index in [0.29, 0.717) is 5.75 Å². The first-order valence-corrected chi connectivity index (χ1v) is 7.64. The monoisotopic (exact) mass is 345 g/mol. The molecule has 0 aromatic heterocycles. The Morgan fingerprint density at radius 1 is 1.16 bits per heavy atom. The fourth-order valence-corrected chi connectivity index (χ4v) is 2.05. The number of amides is 1. The maximum absolute atomic E-state index is 11.8. The largest absolute Gasteiger partial charge is 0.508 e. The lowest BCUT2D eigenvalue weighted by Gasteiger charge is -2.09. The van der Waals surface area contributed by atoms with Crippen LogP contribution in [0.4, 0.5) is 4.79 Å². The lowest BCUT2D eigenvalue weighted by atomic mass is 10.1. The molecule has 0 saturated heterocycles. The van der Waals surface area contributed by atoms with Crippen molar-refractivity contribution in [2.75, 3.05) is 26.4 Å². The first-order chi connectivity index (χ1) is 12.1. The standard InChI is InChI=1S/C18H19NO6/c1-2-17(21)24-11-10-23-9-8-19-18(22)25-16-5-3-4-13-12-14(20)6-7-15(13)16/h2-7,12,20H,1,8-11H2,(H,19,22). The van der Waals surface area contributed by atoms with Crippen molar-refractivity contribution in [1.82, 2.24) is 5.32 Å². The number of nitrogens with one attached hydrogen (secondary N) is 1. The number of carbonyl (C=O) groups excluding carboxylic acids is 2. The van der Waals surface area contributed by atoms with E-state index in [1.807, 2.05) is 6.07 Å². The summed E-state index contributed by atoms with van der Waals surface area (Å²) in [6, 6.07) is 10.0. The summed E-state index contributed by atoms with van der Waals surface area (Å²) in [7, 11) is 0. The van der Waals surface area contributed by atoms with Crippen LogP contribution in [0.5, 0.6) is 11.5 Å². The maximum atomic E-state index is 11.8. The number of benzene rings is 2. The Morgan fingerprint density at radius 3 is 2.80 bits per heavy atom. The predicted octanol–water partition coefficient (Wildman–Crippen LogP) is 2.38. The van der Waals surface area contributed by atoms with Crippen LogP contribution >= 0.6 is 0 Å². The Balaban J connectivity index is 1.72. The van der Waals surface area contributed by atoms with Gasteiger partial charge in [-0.2, -0.15) is 0 Å². The van der Waals surface area contributed by atoms with E-state index in [4.69, 9.17) is 14.2 Å². The van der Waals surface area contributed by atoms with E-state index in [2.05, 4.69) is 11.9 Å². The van der Waals surface area contributed by atoms with Crippen LogP contribution in [0.1, 0.15) is 0 Å². The van der Waals surface area contributed by atoms with Crippen LogP contribution in [0.15, 0.2) is 49.1 Å². The molecule has 0 aliphatic carbocycles. The molecule has 0 fully saturated rings. The van der Waals surface area contributed by atoms with Crippen LogP contribution in [0.3, 0.4) is 0 Å². The van der Waals surface area contributed by atoms with Crippen LogP contribution in [0.25, 0.3) is 10.8 Å². The molecule has 0 aliphatic heterocycles. The van der Waals surface area contributed by atoms with Crippen LogP contribution in [-0.4, -0.2) is 43.5 Å². The van der Waals surface area contributed by atoms with E-state index in [1.165, 1.54) is 6.07 Å². The van der Waals surface area contributed by atoms with Gasteiger partial charge in [0.25, 0.3) is 0 Å². The van der Waals surface area contributed by atoms with Gasteiger partial charge in [0, 0.05) is 18.0 Å². The molecule has 1 amide bonds. The van der Waals surface area contributed by atoms with E-state index in [-0.39, 0.29) is 32.1 Å². The zero-order chi connectivity index (χ0) is 18.1. The van der Waals surface area contributed by atoms with Crippen LogP contribution in [0, 0.1) is 0 Å². The molecule has 132 valence electrons. The summed E-state index contributed by atoms with van der Waals surface area (Å²) >= 11 is 0. The summed E-state index contributed by atoms with van der Waals surface area (Å²) in [6.45, 7) is 4.13. The van der Waals surface area contributed by atoms with Crippen LogP contribution in [0.2, 0.25) is 0 Å². The molecule has 0 saturated carbocycles. The number of hydrogen-bond acceptors (Lipinski definition) is 6. The highest BCUT2D eigenvalue weighted by atomic mass is 16.6. The molecule has 2 aromatic rings. The van der Waals surface area contributed by atoms with Crippen molar-refractivity contribution in [2.45, 2.75) is 0 Å². The fourth-order valence-electron chi connectivity index (χ4n) is 2.05. The third-order valence-corrected chi connectivity index (χ3v) is 3.18. The number of fused-ring (bicyclic) bond motifs is 1. The number of esters is 1. The first-order valence-electron chi connectivity index (χ1n) is 7.64. The van der Waals surface area contributed by atoms with E-state index in [0.717, 1.165) is 16.8 Å². The van der Waals surface area contributed by atoms with Crippen molar-refractivity contribution in [3.63, 3.8) is 0 Å². The van der Waals surface area contributed by atoms with Gasteiger partial charge in [0.15, 0.2) is 0 Å². The summed E-state index contributed by atoms with van der Waals surface area (Å²) < 4.78 is 15.2. The van der Waals surface area contributed by atoms with Gasteiger partial charge in [-0.3, -0.25) is 0 Å². The molecule has 2 rings (SSSR count). The van der Waals surface area contributed by atoms with Gasteiger partial charge in [0.2, 0.25) is 0 Å². The Kier molecular flexibility index (Phi) is 6.79. The highest BCUT2D eigenvalue weighted by Gasteiger charge is 2.08. The molecular weight excluding hydrogens is 326 g/mol. The minimum Gasteiger partial charge on any atom is -0.508 e. The average Bonchev–Trinajstić information content (AvgIpc) is 2.60. The lowest BCUT2D eigenvalue weighted by Crippen LogP contribution is -2.30. The molecule has 7 heteroatoms. The molecular formula is C18H19NO6. The quantitative estimate of drug-likeness (QED) is 0.433. The van der Waals surface area contributed by atoms with E-state index in [1.54, 1.807) is 24.3 Å². The zero-order valence-electron chi connectivity index (χ0n) is 13.6. The van der Waals surface area contributed by atoms with Gasteiger partial charge < -0.3 is 24.6 Å². The second kappa shape index (κ2) is 9.29. The molecule has 0 radical (unpaired) electrons. The molecule has 0 heterocycles. The Labute approximate surface area is 144 Å². The Bertz CT molecular complexity index is 758. The molecule has 2 aromatic carbocycles. The van der Waals surface area contributed by atoms with Crippen molar-refractivity contribution in [2.24, 2.45) is 0 Å². The zero-order valence-corrected chi connectivity index (χ0v) is 13.6. The fraction of sp³-hybridized carbons (Fsp3) is 0.222. The highest BCUT2D eigenvalue weighted by molar-refractivity contribution is 5.91. The number of carbonyl (C=O) groups is 2. The van der Waals surface area contributed by atoms with Crippen molar-refractivity contribution in [3.05, 3.63) is 49.1 Å². The average molecular weight is 345 g/mol. The predicted molar refractivity (Wildman–Crippen MR) is 91.6 cm³/mol. The molecule has 7 nitrogen and oxygen atoms in total. The minimum absolute atomic E-state index is 0.123. The molecule has 0 aliphatic rings. The topological polar surface area (TPSA) is 94.1 Å². The van der Waals surface area contributed by atoms with Crippen LogP contribution in [-0.2, 0) is 14.3 Å². The highest BCUT2D eigenvalue weighted by Crippen LogP contribution is 2.28. The Morgan fingerprint density at radius 2 is 2.00 bits per heavy atom. The molecule has 2 N–H and O–H groups in total. The number of phenolic OH excluding ortho intramolecular Hbond substituents is 1. The van der Waals surface area contributed by atoms with E-state index in [9.17, 15) is 14.7 Å². The smallest absolute Gasteiger partial charge is 0.412 e. The lowest BCUT2D eigenvalue weighted by molar-refractivity contribution is -0.139. The van der Waals surface area contributed by atoms with Crippen LogP contribution < -0.4 is 10.1 Å². The normalized spacial score (nSPS) is 10.2. The van der Waals surface area contributed by atoms with Gasteiger partial charge in [0.05, 0.1) is 13.2 Å². The molecule has 0 atom stereocenters. The number of ether oxygens (including phenoxy) is 3. The Hall–Kier alpha value is -3.06. The van der Waals surface area contributed by atoms with E-state index >= 15 is 0 Å². The number of aromatic hydroxyl groups is 1. The van der Waals surface area contributed by atoms with Crippen molar-refractivity contribution >= 4 is 22.8 Å². The minimum atomic E-state index is -0.609. The van der Waals surface area contributed by atoms with Gasteiger partial charge in [0.1, 0.15) is 18.1 Å². The summed E-state index contributed by atoms with van der Waals surface area (Å²) in [6.07, 6.45) is 0.467. The summed E-state index contributed by atoms with van der Waals surface area (Å²) in [5, 5.41) is 13.5. The number of hydrogen-bond donors (Lipinski definition) is 2. The second-order valence-electron chi connectivity index (χ2n) is 4.96. The summed E-state index contributed by atoms with van der Waals surface area (Å²) in [5.74, 6) is 0.0333. The van der Waals surface area contributed by atoms with Gasteiger partial charge in [-0.05, 0) is 29.7 Å². The SMILES string of the molecule is C=CC(=O)OCCOCCNC(=O)Oc1cccc2cc(O)ccc12. The van der Waals surface area contributed by atoms with Gasteiger partial charge in [-0.15, -0.1) is 0 Å². The first kappa shape index (κ1) is 18.3. The maximum Gasteiger partial charge on any atom is 0.412 e. The molecule has 0 spiro atoms. The van der Waals surface area contributed by atoms with Crippen molar-refractivity contribution in [3.8, 4) is 11.5 Å². The number of rotatable bonds is 8. The van der Waals surface area contributed by atoms with Gasteiger partial charge in [-0.25, -0.2) is 9.59 Å². The molecule has 0 bridgehead atoms. The summed E-state index contributed by atoms with van der Waals surface area (Å²) in [5.41, 5.74) is 0. The number of phenols is 1. The van der Waals surface area contributed by atoms with Crippen molar-refractivity contribution in [1.29, 1.82) is 0 Å². The summed E-state index contributed by atoms with van der Waals surface area (Å²) in [4.78, 5) is 22.6. The molecule has 0 unspecified atom stereocenters. The molecule has 25 heavy (non-hydrogen) atoms. The van der Waals surface area contributed by atoms with Gasteiger partial charge in [-0.1, -0.05) is 18.7 Å². The van der Waals surface area contributed by atoms with E-state index < -0.39 is 12.1 Å².